The van der Waals surface area contributed by atoms with Gasteiger partial charge in [-0.2, -0.15) is 0 Å². The van der Waals surface area contributed by atoms with Gasteiger partial charge in [-0.15, -0.1) is 47.5 Å². The van der Waals surface area contributed by atoms with Crippen LogP contribution in [0.15, 0.2) is 54.6 Å². The van der Waals surface area contributed by atoms with Crippen LogP contribution in [0, 0.1) is 0 Å². The summed E-state index contributed by atoms with van der Waals surface area (Å²) in [6, 6.07) is 20.5. The topological polar surface area (TPSA) is 3.24 Å². The van der Waals surface area contributed by atoms with E-state index in [0.717, 1.165) is 18.3 Å². The van der Waals surface area contributed by atoms with Crippen molar-refractivity contribution in [1.29, 1.82) is 0 Å². The van der Waals surface area contributed by atoms with Crippen molar-refractivity contribution in [1.82, 2.24) is 4.90 Å². The fourth-order valence-corrected chi connectivity index (χ4v) is 6.11. The number of halogens is 1. The van der Waals surface area contributed by atoms with Crippen LogP contribution < -0.4 is 0 Å². The van der Waals surface area contributed by atoms with Crippen LogP contribution in [0.1, 0.15) is 16.7 Å². The highest BCUT2D eigenvalue weighted by atomic mass is 127. The van der Waals surface area contributed by atoms with E-state index in [4.69, 9.17) is 0 Å². The van der Waals surface area contributed by atoms with Crippen LogP contribution in [0.5, 0.6) is 0 Å². The van der Waals surface area contributed by atoms with Gasteiger partial charge in [0.2, 0.25) is 0 Å². The minimum Gasteiger partial charge on any atom is -0.275 e. The molecule has 4 heteroatoms. The molecule has 0 radical (unpaired) electrons. The van der Waals surface area contributed by atoms with Gasteiger partial charge in [-0.25, -0.2) is 0 Å². The number of rotatable bonds is 3. The van der Waals surface area contributed by atoms with Crippen LogP contribution in [0.25, 0.3) is 0 Å². The molecule has 0 bridgehead atoms. The highest BCUT2D eigenvalue weighted by Gasteiger charge is 2.37. The van der Waals surface area contributed by atoms with E-state index >= 15 is 0 Å². The molecule has 0 spiro atoms. The first-order chi connectivity index (χ1) is 10.4. The Hall–Kier alpha value is -0.170. The highest BCUT2D eigenvalue weighted by molar-refractivity contribution is 14.0. The maximum Gasteiger partial charge on any atom is 0.104 e. The van der Waals surface area contributed by atoms with Crippen molar-refractivity contribution in [2.45, 2.75) is 29.5 Å². The average Bonchev–Trinajstić information content (AvgIpc) is 2.94. The summed E-state index contributed by atoms with van der Waals surface area (Å²) in [6.07, 6.45) is 1.23. The van der Waals surface area contributed by atoms with Crippen LogP contribution >= 0.6 is 47.5 Å². The Balaban J connectivity index is 0.00000144. The molecule has 4 rings (SSSR count). The summed E-state index contributed by atoms with van der Waals surface area (Å²) in [7, 11) is 0. The van der Waals surface area contributed by atoms with Gasteiger partial charge in [-0.3, -0.25) is 4.90 Å². The first-order valence-corrected chi connectivity index (χ1v) is 9.59. The molecule has 2 aliphatic rings. The largest absolute Gasteiger partial charge is 0.275 e. The summed E-state index contributed by atoms with van der Waals surface area (Å²) in [6.45, 7) is 1.13. The lowest BCUT2D eigenvalue weighted by Gasteiger charge is -2.34. The third kappa shape index (κ3) is 3.50. The van der Waals surface area contributed by atoms with Crippen molar-refractivity contribution in [3.8, 4) is 0 Å². The van der Waals surface area contributed by atoms with Gasteiger partial charge in [0.25, 0.3) is 0 Å². The Morgan fingerprint density at radius 3 is 2.55 bits per heavy atom. The normalized spacial score (nSPS) is 23.5. The molecule has 1 nitrogen and oxygen atoms in total. The van der Waals surface area contributed by atoms with Gasteiger partial charge in [0.15, 0.2) is 0 Å². The Morgan fingerprint density at radius 1 is 1.00 bits per heavy atom. The maximum atomic E-state index is 2.71. The summed E-state index contributed by atoms with van der Waals surface area (Å²) in [5.74, 6) is 2.39. The van der Waals surface area contributed by atoms with E-state index in [1.807, 2.05) is 0 Å². The molecule has 2 aromatic carbocycles. The molecule has 1 fully saturated rings. The predicted molar refractivity (Wildman–Crippen MR) is 109 cm³/mol. The van der Waals surface area contributed by atoms with Crippen LogP contribution in [0.3, 0.4) is 0 Å². The second-order valence-corrected chi connectivity index (χ2v) is 8.22. The van der Waals surface area contributed by atoms with Crippen molar-refractivity contribution >= 4 is 47.5 Å². The zero-order valence-corrected chi connectivity index (χ0v) is 16.3. The molecular weight excluding hydrogens is 421 g/mol. The van der Waals surface area contributed by atoms with Crippen LogP contribution in [-0.4, -0.2) is 21.4 Å². The number of hydrogen-bond donors (Lipinski definition) is 0. The standard InChI is InChI=1S/C18H19NS2.HI/c1-2-6-14(7-3-1)12-20-18-19-11-16-9-5-4-8-15(16)10-17(19)13-21-18;/h1-9,17-18H,10-13H2;1H/t17-,18?;/m0./s1. The molecule has 0 aliphatic carbocycles. The van der Waals surface area contributed by atoms with Gasteiger partial charge in [0.05, 0.1) is 0 Å². The Morgan fingerprint density at radius 2 is 1.73 bits per heavy atom. The van der Waals surface area contributed by atoms with Crippen LogP contribution in [0.4, 0.5) is 0 Å². The molecule has 0 saturated carbocycles. The molecular formula is C18H20INS2. The first kappa shape index (κ1) is 16.7. The summed E-state index contributed by atoms with van der Waals surface area (Å²) < 4.78 is 0.614. The summed E-state index contributed by atoms with van der Waals surface area (Å²) >= 11 is 4.21. The lowest BCUT2D eigenvalue weighted by molar-refractivity contribution is 0.225. The fraction of sp³-hybridized carbons (Fsp3) is 0.333. The predicted octanol–water partition coefficient (Wildman–Crippen LogP) is 5.00. The molecule has 2 heterocycles. The van der Waals surface area contributed by atoms with Crippen molar-refractivity contribution in [3.63, 3.8) is 0 Å². The lowest BCUT2D eigenvalue weighted by atomic mass is 9.95. The zero-order chi connectivity index (χ0) is 14.1. The van der Waals surface area contributed by atoms with E-state index in [-0.39, 0.29) is 24.0 Å². The molecule has 2 atom stereocenters. The lowest BCUT2D eigenvalue weighted by Crippen LogP contribution is -2.39. The van der Waals surface area contributed by atoms with Gasteiger partial charge in [0, 0.05) is 24.1 Å². The van der Waals surface area contributed by atoms with E-state index in [0.29, 0.717) is 4.71 Å². The number of nitrogens with zero attached hydrogens (tertiary/aromatic N) is 1. The molecule has 2 aromatic rings. The van der Waals surface area contributed by atoms with Gasteiger partial charge >= 0.3 is 0 Å². The van der Waals surface area contributed by atoms with E-state index in [9.17, 15) is 0 Å². The average molecular weight is 441 g/mol. The minimum absolute atomic E-state index is 0. The number of fused-ring (bicyclic) bond motifs is 2. The smallest absolute Gasteiger partial charge is 0.104 e. The van der Waals surface area contributed by atoms with Crippen molar-refractivity contribution in [3.05, 3.63) is 71.3 Å². The molecule has 0 N–H and O–H groups in total. The summed E-state index contributed by atoms with van der Waals surface area (Å²) in [4.78, 5) is 2.71. The summed E-state index contributed by atoms with van der Waals surface area (Å²) in [5, 5.41) is 0. The third-order valence-electron chi connectivity index (χ3n) is 4.33. The Labute approximate surface area is 158 Å². The molecule has 1 saturated heterocycles. The third-order valence-corrected chi connectivity index (χ3v) is 7.34. The second kappa shape index (κ2) is 7.60. The molecule has 116 valence electrons. The van der Waals surface area contributed by atoms with Gasteiger partial charge < -0.3 is 0 Å². The molecule has 2 aliphatic heterocycles. The number of benzene rings is 2. The second-order valence-electron chi connectivity index (χ2n) is 5.74. The van der Waals surface area contributed by atoms with Gasteiger partial charge in [-0.05, 0) is 23.1 Å². The van der Waals surface area contributed by atoms with E-state index in [2.05, 4.69) is 83.0 Å². The maximum absolute atomic E-state index is 2.71. The Bertz CT molecular complexity index is 619. The zero-order valence-electron chi connectivity index (χ0n) is 12.4. The van der Waals surface area contributed by atoms with Crippen molar-refractivity contribution < 1.29 is 0 Å². The van der Waals surface area contributed by atoms with E-state index in [1.165, 1.54) is 23.3 Å². The number of thioether (sulfide) groups is 2. The highest BCUT2D eigenvalue weighted by Crippen LogP contribution is 2.42. The van der Waals surface area contributed by atoms with Gasteiger partial charge in [-0.1, -0.05) is 54.6 Å². The Kier molecular flexibility index (Phi) is 5.76. The molecule has 0 amide bonds. The minimum atomic E-state index is 0. The molecule has 1 unspecified atom stereocenters. The van der Waals surface area contributed by atoms with Crippen molar-refractivity contribution in [2.24, 2.45) is 0 Å². The quantitative estimate of drug-likeness (QED) is 0.618. The van der Waals surface area contributed by atoms with Crippen LogP contribution in [0.2, 0.25) is 0 Å². The number of hydrogen-bond acceptors (Lipinski definition) is 3. The van der Waals surface area contributed by atoms with Crippen molar-refractivity contribution in [2.75, 3.05) is 5.75 Å². The fourth-order valence-electron chi connectivity index (χ4n) is 3.18. The molecule has 22 heavy (non-hydrogen) atoms. The van der Waals surface area contributed by atoms with Gasteiger partial charge in [0.1, 0.15) is 4.71 Å². The van der Waals surface area contributed by atoms with E-state index in [1.54, 1.807) is 5.56 Å². The van der Waals surface area contributed by atoms with E-state index < -0.39 is 0 Å². The van der Waals surface area contributed by atoms with Crippen LogP contribution in [-0.2, 0) is 18.7 Å². The summed E-state index contributed by atoms with van der Waals surface area (Å²) in [5.41, 5.74) is 4.53. The SMILES string of the molecule is I.c1ccc(CSC2SC[C@@H]3Cc4ccccc4CN23)cc1. The monoisotopic (exact) mass is 441 g/mol. The molecule has 0 aromatic heterocycles. The first-order valence-electron chi connectivity index (χ1n) is 7.50.